The van der Waals surface area contributed by atoms with Crippen LogP contribution in [0.25, 0.3) is 0 Å². The predicted molar refractivity (Wildman–Crippen MR) is 43.5 cm³/mol. The molecule has 60 valence electrons. The Kier molecular flexibility index (Phi) is 4.47. The van der Waals surface area contributed by atoms with Gasteiger partial charge in [0.1, 0.15) is 0 Å². The van der Waals surface area contributed by atoms with Crippen molar-refractivity contribution < 1.29 is 9.53 Å². The third-order valence-corrected chi connectivity index (χ3v) is 1.60. The molecule has 0 saturated heterocycles. The van der Waals surface area contributed by atoms with Gasteiger partial charge in [0.2, 0.25) is 0 Å². The topological polar surface area (TPSA) is 29.5 Å². The molecule has 0 N–H and O–H groups in total. The van der Waals surface area contributed by atoms with E-state index in [2.05, 4.69) is 12.6 Å². The number of carbonyl (C=O) groups is 1. The van der Waals surface area contributed by atoms with Crippen LogP contribution in [-0.2, 0) is 4.74 Å². The maximum absolute atomic E-state index is 10.5. The van der Waals surface area contributed by atoms with Gasteiger partial charge in [-0.25, -0.2) is 0 Å². The number of methoxy groups -OCH3 is 1. The minimum absolute atomic E-state index is 0.0705. The zero-order valence-electron chi connectivity index (χ0n) is 6.50. The number of amides is 1. The van der Waals surface area contributed by atoms with Gasteiger partial charge in [-0.2, -0.15) is 0 Å². The zero-order chi connectivity index (χ0) is 8.15. The van der Waals surface area contributed by atoms with Crippen molar-refractivity contribution in [2.75, 3.05) is 20.7 Å². The lowest BCUT2D eigenvalue weighted by Gasteiger charge is -2.17. The lowest BCUT2D eigenvalue weighted by molar-refractivity contribution is 0.0963. The first-order valence-corrected chi connectivity index (χ1v) is 3.49. The summed E-state index contributed by atoms with van der Waals surface area (Å²) >= 11 is 3.64. The van der Waals surface area contributed by atoms with Crippen LogP contribution < -0.4 is 0 Å². The molecular weight excluding hydrogens is 150 g/mol. The summed E-state index contributed by atoms with van der Waals surface area (Å²) in [6, 6.07) is 0. The fraction of sp³-hybridized carbons (Fsp3) is 0.833. The van der Waals surface area contributed by atoms with Crippen LogP contribution in [0.4, 0.5) is 4.79 Å². The van der Waals surface area contributed by atoms with Crippen LogP contribution in [-0.4, -0.2) is 36.9 Å². The minimum Gasteiger partial charge on any atom is -0.380 e. The van der Waals surface area contributed by atoms with Gasteiger partial charge >= 0.3 is 0 Å². The van der Waals surface area contributed by atoms with Crippen LogP contribution >= 0.6 is 12.6 Å². The van der Waals surface area contributed by atoms with E-state index < -0.39 is 0 Å². The fourth-order valence-corrected chi connectivity index (χ4v) is 0.620. The average molecular weight is 163 g/mol. The van der Waals surface area contributed by atoms with Crippen molar-refractivity contribution in [2.45, 2.75) is 13.0 Å². The summed E-state index contributed by atoms with van der Waals surface area (Å²) in [6.07, 6.45) is 0.0705. The van der Waals surface area contributed by atoms with Crippen molar-refractivity contribution in [3.8, 4) is 0 Å². The molecule has 0 saturated carbocycles. The van der Waals surface area contributed by atoms with Crippen molar-refractivity contribution in [1.29, 1.82) is 0 Å². The first-order chi connectivity index (χ1) is 4.57. The number of hydrogen-bond donors (Lipinski definition) is 1. The molecule has 1 amide bonds. The molecule has 0 aromatic carbocycles. The third-order valence-electron chi connectivity index (χ3n) is 1.26. The first-order valence-electron chi connectivity index (χ1n) is 3.04. The Morgan fingerprint density at radius 2 is 2.30 bits per heavy atom. The number of hydrogen-bond acceptors (Lipinski definition) is 2. The molecule has 0 radical (unpaired) electrons. The maximum Gasteiger partial charge on any atom is 0.278 e. The Balaban J connectivity index is 3.56. The van der Waals surface area contributed by atoms with Crippen molar-refractivity contribution in [2.24, 2.45) is 0 Å². The number of thiol groups is 1. The zero-order valence-corrected chi connectivity index (χ0v) is 7.39. The molecule has 0 heterocycles. The number of rotatable bonds is 3. The summed E-state index contributed by atoms with van der Waals surface area (Å²) < 4.78 is 4.94. The van der Waals surface area contributed by atoms with Gasteiger partial charge in [-0.05, 0) is 6.92 Å². The molecule has 4 heteroatoms. The van der Waals surface area contributed by atoms with E-state index in [9.17, 15) is 4.79 Å². The van der Waals surface area contributed by atoms with Gasteiger partial charge in [0.15, 0.2) is 0 Å². The number of likely N-dealkylation sites (N-methyl/N-ethyl adjacent to an activating group) is 1. The molecule has 0 rings (SSSR count). The normalized spacial score (nSPS) is 12.8. The summed E-state index contributed by atoms with van der Waals surface area (Å²) in [5.74, 6) is 0. The standard InChI is InChI=1S/C6H13NO2S/c1-5(9-3)4-7(2)6(8)10/h5H,4H2,1-3H3,(H,8,10). The Morgan fingerprint density at radius 3 is 2.60 bits per heavy atom. The smallest absolute Gasteiger partial charge is 0.278 e. The lowest BCUT2D eigenvalue weighted by atomic mass is 10.4. The molecule has 0 bridgehead atoms. The van der Waals surface area contributed by atoms with Crippen LogP contribution in [0.2, 0.25) is 0 Å². The van der Waals surface area contributed by atoms with E-state index in [-0.39, 0.29) is 11.3 Å². The van der Waals surface area contributed by atoms with Gasteiger partial charge in [-0.1, -0.05) is 12.6 Å². The van der Waals surface area contributed by atoms with Gasteiger partial charge in [-0.15, -0.1) is 0 Å². The maximum atomic E-state index is 10.5. The first kappa shape index (κ1) is 9.78. The quantitative estimate of drug-likeness (QED) is 0.629. The molecule has 0 aliphatic carbocycles. The molecule has 0 spiro atoms. The van der Waals surface area contributed by atoms with Crippen molar-refractivity contribution in [3.05, 3.63) is 0 Å². The second kappa shape index (κ2) is 4.57. The summed E-state index contributed by atoms with van der Waals surface area (Å²) in [5, 5.41) is -0.232. The van der Waals surface area contributed by atoms with Crippen LogP contribution in [0.1, 0.15) is 6.92 Å². The highest BCUT2D eigenvalue weighted by atomic mass is 32.1. The number of ether oxygens (including phenoxy) is 1. The highest BCUT2D eigenvalue weighted by Gasteiger charge is 2.06. The number of nitrogens with zero attached hydrogens (tertiary/aromatic N) is 1. The molecule has 0 aromatic rings. The van der Waals surface area contributed by atoms with Gasteiger partial charge < -0.3 is 9.64 Å². The van der Waals surface area contributed by atoms with Crippen molar-refractivity contribution in [3.63, 3.8) is 0 Å². The molecule has 3 nitrogen and oxygen atoms in total. The molecule has 1 unspecified atom stereocenters. The van der Waals surface area contributed by atoms with Crippen LogP contribution in [0.5, 0.6) is 0 Å². The largest absolute Gasteiger partial charge is 0.380 e. The third kappa shape index (κ3) is 3.74. The highest BCUT2D eigenvalue weighted by Crippen LogP contribution is 1.95. The van der Waals surface area contributed by atoms with Gasteiger partial charge in [0.25, 0.3) is 5.24 Å². The average Bonchev–Trinajstić information content (AvgIpc) is 1.87. The van der Waals surface area contributed by atoms with Crippen molar-refractivity contribution >= 4 is 17.9 Å². The van der Waals surface area contributed by atoms with E-state index >= 15 is 0 Å². The minimum atomic E-state index is -0.232. The van der Waals surface area contributed by atoms with E-state index in [0.717, 1.165) is 0 Å². The Labute approximate surface area is 66.8 Å². The Morgan fingerprint density at radius 1 is 1.80 bits per heavy atom. The SMILES string of the molecule is COC(C)CN(C)C(=O)S. The van der Waals surface area contributed by atoms with Crippen LogP contribution in [0, 0.1) is 0 Å². The fourth-order valence-electron chi connectivity index (χ4n) is 0.538. The molecule has 0 aliphatic heterocycles. The van der Waals surface area contributed by atoms with Gasteiger partial charge in [0.05, 0.1) is 6.10 Å². The van der Waals surface area contributed by atoms with E-state index in [1.807, 2.05) is 6.92 Å². The molecule has 0 aromatic heterocycles. The molecular formula is C6H13NO2S. The Bertz CT molecular complexity index is 118. The van der Waals surface area contributed by atoms with E-state index in [1.54, 1.807) is 14.2 Å². The lowest BCUT2D eigenvalue weighted by Crippen LogP contribution is -2.30. The highest BCUT2D eigenvalue weighted by molar-refractivity contribution is 7.96. The van der Waals surface area contributed by atoms with Crippen molar-refractivity contribution in [1.82, 2.24) is 4.90 Å². The molecule has 1 atom stereocenters. The van der Waals surface area contributed by atoms with Gasteiger partial charge in [-0.3, -0.25) is 4.79 Å². The van der Waals surface area contributed by atoms with E-state index in [4.69, 9.17) is 4.74 Å². The van der Waals surface area contributed by atoms with E-state index in [0.29, 0.717) is 6.54 Å². The predicted octanol–water partition coefficient (Wildman–Crippen LogP) is 1.00. The van der Waals surface area contributed by atoms with Gasteiger partial charge in [0, 0.05) is 20.7 Å². The van der Waals surface area contributed by atoms with Crippen LogP contribution in [0.15, 0.2) is 0 Å². The molecule has 10 heavy (non-hydrogen) atoms. The molecule has 0 aliphatic rings. The monoisotopic (exact) mass is 163 g/mol. The van der Waals surface area contributed by atoms with Crippen LogP contribution in [0.3, 0.4) is 0 Å². The second-order valence-corrected chi connectivity index (χ2v) is 2.59. The molecule has 0 fully saturated rings. The summed E-state index contributed by atoms with van der Waals surface area (Å²) in [4.78, 5) is 12.0. The second-order valence-electron chi connectivity index (χ2n) is 2.21. The summed E-state index contributed by atoms with van der Waals surface area (Å²) in [6.45, 7) is 2.48. The van der Waals surface area contributed by atoms with E-state index in [1.165, 1.54) is 4.90 Å². The Hall–Kier alpha value is -0.220. The summed E-state index contributed by atoms with van der Waals surface area (Å²) in [7, 11) is 3.30. The summed E-state index contributed by atoms with van der Waals surface area (Å²) in [5.41, 5.74) is 0. The number of carbonyl (C=O) groups excluding carboxylic acids is 1.